The molecule has 0 spiro atoms. The summed E-state index contributed by atoms with van der Waals surface area (Å²) in [5, 5.41) is 0. The van der Waals surface area contributed by atoms with Crippen LogP contribution in [0.5, 0.6) is 5.75 Å². The van der Waals surface area contributed by atoms with Crippen molar-refractivity contribution in [3.05, 3.63) is 57.8 Å². The van der Waals surface area contributed by atoms with Crippen molar-refractivity contribution in [3.8, 4) is 5.75 Å². The highest BCUT2D eigenvalue weighted by atomic mass is 79.9. The molecule has 1 aliphatic rings. The largest absolute Gasteiger partial charge is 0.485 e. The van der Waals surface area contributed by atoms with Gasteiger partial charge in [-0.05, 0) is 35.0 Å². The van der Waals surface area contributed by atoms with E-state index in [-0.39, 0.29) is 12.1 Å². The number of hydrogen-bond acceptors (Lipinski definition) is 3. The molecule has 0 bridgehead atoms. The summed E-state index contributed by atoms with van der Waals surface area (Å²) in [7, 11) is 0. The molecule has 2 atom stereocenters. The Morgan fingerprint density at radius 1 is 1.32 bits per heavy atom. The number of nitrogens with two attached hydrogens (primary N) is 1. The summed E-state index contributed by atoms with van der Waals surface area (Å²) < 4.78 is 7.01. The molecule has 1 aromatic carbocycles. The van der Waals surface area contributed by atoms with Crippen LogP contribution >= 0.6 is 15.9 Å². The lowest BCUT2D eigenvalue weighted by Crippen LogP contribution is -2.24. The van der Waals surface area contributed by atoms with Crippen molar-refractivity contribution in [2.24, 2.45) is 5.73 Å². The lowest BCUT2D eigenvalue weighted by molar-refractivity contribution is 0.161. The second-order valence-corrected chi connectivity index (χ2v) is 5.84. The number of halogens is 1. The fourth-order valence-corrected chi connectivity index (χ4v) is 2.81. The molecule has 0 radical (unpaired) electrons. The van der Waals surface area contributed by atoms with Crippen LogP contribution in [0, 0.1) is 6.92 Å². The van der Waals surface area contributed by atoms with Crippen LogP contribution < -0.4 is 10.5 Å². The quantitative estimate of drug-likeness (QED) is 0.872. The molecule has 4 heteroatoms. The van der Waals surface area contributed by atoms with E-state index in [1.807, 2.05) is 24.4 Å². The van der Waals surface area contributed by atoms with Gasteiger partial charge in [-0.25, -0.2) is 0 Å². The summed E-state index contributed by atoms with van der Waals surface area (Å²) in [6.07, 6.45) is 4.34. The monoisotopic (exact) mass is 318 g/mol. The summed E-state index contributed by atoms with van der Waals surface area (Å²) >= 11 is 3.44. The highest BCUT2D eigenvalue weighted by Crippen LogP contribution is 2.40. The first-order chi connectivity index (χ1) is 9.13. The van der Waals surface area contributed by atoms with Gasteiger partial charge < -0.3 is 10.5 Å². The van der Waals surface area contributed by atoms with Gasteiger partial charge in [0.15, 0.2) is 0 Å². The Morgan fingerprint density at radius 2 is 2.16 bits per heavy atom. The van der Waals surface area contributed by atoms with Crippen LogP contribution in [0.3, 0.4) is 0 Å². The third kappa shape index (κ3) is 2.51. The molecule has 0 fully saturated rings. The van der Waals surface area contributed by atoms with Crippen LogP contribution in [0.1, 0.15) is 35.3 Å². The molecule has 2 aromatic rings. The Hall–Kier alpha value is -1.39. The topological polar surface area (TPSA) is 48.1 Å². The van der Waals surface area contributed by atoms with Crippen molar-refractivity contribution >= 4 is 15.9 Å². The van der Waals surface area contributed by atoms with Crippen LogP contribution in [-0.2, 0) is 0 Å². The van der Waals surface area contributed by atoms with E-state index in [0.29, 0.717) is 0 Å². The molecule has 0 saturated carbocycles. The molecule has 1 aliphatic heterocycles. The number of aromatic nitrogens is 1. The van der Waals surface area contributed by atoms with Gasteiger partial charge in [0.25, 0.3) is 0 Å². The van der Waals surface area contributed by atoms with E-state index in [1.54, 1.807) is 6.20 Å². The zero-order valence-electron chi connectivity index (χ0n) is 10.6. The lowest BCUT2D eigenvalue weighted by Gasteiger charge is -2.30. The summed E-state index contributed by atoms with van der Waals surface area (Å²) in [6, 6.07) is 8.20. The highest BCUT2D eigenvalue weighted by Gasteiger charge is 2.27. The van der Waals surface area contributed by atoms with Gasteiger partial charge in [0.05, 0.1) is 0 Å². The molecule has 3 nitrogen and oxygen atoms in total. The van der Waals surface area contributed by atoms with Crippen molar-refractivity contribution in [3.63, 3.8) is 0 Å². The van der Waals surface area contributed by atoms with E-state index in [9.17, 15) is 0 Å². The molecule has 2 N–H and O–H groups in total. The normalized spacial score (nSPS) is 21.6. The summed E-state index contributed by atoms with van der Waals surface area (Å²) in [4.78, 5) is 4.19. The van der Waals surface area contributed by atoms with Crippen molar-refractivity contribution < 1.29 is 4.74 Å². The molecule has 1 aromatic heterocycles. The number of aryl methyl sites for hydroxylation is 1. The number of nitrogens with zero attached hydrogens (tertiary/aromatic N) is 1. The van der Waals surface area contributed by atoms with Crippen LogP contribution in [-0.4, -0.2) is 4.98 Å². The molecule has 2 heterocycles. The van der Waals surface area contributed by atoms with Crippen molar-refractivity contribution in [1.29, 1.82) is 0 Å². The summed E-state index contributed by atoms with van der Waals surface area (Å²) in [5.41, 5.74) is 9.63. The lowest BCUT2D eigenvalue weighted by atomic mass is 9.93. The number of pyridine rings is 1. The Kier molecular flexibility index (Phi) is 3.29. The van der Waals surface area contributed by atoms with E-state index >= 15 is 0 Å². The minimum atomic E-state index is -0.0322. The molecular weight excluding hydrogens is 304 g/mol. The maximum absolute atomic E-state index is 6.27. The molecule has 0 saturated heterocycles. The Labute approximate surface area is 120 Å². The van der Waals surface area contributed by atoms with E-state index in [1.165, 1.54) is 5.56 Å². The van der Waals surface area contributed by atoms with Gasteiger partial charge in [-0.3, -0.25) is 4.98 Å². The zero-order chi connectivity index (χ0) is 13.4. The summed E-state index contributed by atoms with van der Waals surface area (Å²) in [5.74, 6) is 0.884. The average molecular weight is 319 g/mol. The van der Waals surface area contributed by atoms with Gasteiger partial charge >= 0.3 is 0 Å². The molecule has 0 amide bonds. The van der Waals surface area contributed by atoms with E-state index in [2.05, 4.69) is 33.9 Å². The predicted molar refractivity (Wildman–Crippen MR) is 78.0 cm³/mol. The number of ether oxygens (including phenoxy) is 1. The maximum atomic E-state index is 6.27. The maximum Gasteiger partial charge on any atom is 0.127 e. The SMILES string of the molecule is Cc1ccc2c(c1)[C@@H](N)CC(c1cncc(Br)c1)O2. The number of fused-ring (bicyclic) bond motifs is 1. The number of benzene rings is 1. The Balaban J connectivity index is 1.95. The minimum absolute atomic E-state index is 0.00707. The molecule has 0 aliphatic carbocycles. The van der Waals surface area contributed by atoms with Crippen molar-refractivity contribution in [2.75, 3.05) is 0 Å². The van der Waals surface area contributed by atoms with Crippen LogP contribution in [0.15, 0.2) is 41.1 Å². The van der Waals surface area contributed by atoms with E-state index < -0.39 is 0 Å². The molecule has 98 valence electrons. The second-order valence-electron chi connectivity index (χ2n) is 4.93. The minimum Gasteiger partial charge on any atom is -0.485 e. The van der Waals surface area contributed by atoms with Crippen LogP contribution in [0.4, 0.5) is 0 Å². The van der Waals surface area contributed by atoms with Gasteiger partial charge in [-0.2, -0.15) is 0 Å². The standard InChI is InChI=1S/C15H15BrN2O/c1-9-2-3-14-12(4-9)13(17)6-15(19-14)10-5-11(16)8-18-7-10/h2-5,7-8,13,15H,6,17H2,1H3/t13-,15?/m0/s1. The fraction of sp³-hybridized carbons (Fsp3) is 0.267. The average Bonchev–Trinajstić information content (AvgIpc) is 2.39. The molecular formula is C15H15BrN2O. The smallest absolute Gasteiger partial charge is 0.127 e. The van der Waals surface area contributed by atoms with Gasteiger partial charge in [0.1, 0.15) is 11.9 Å². The number of hydrogen-bond donors (Lipinski definition) is 1. The first-order valence-electron chi connectivity index (χ1n) is 6.27. The Morgan fingerprint density at radius 3 is 2.95 bits per heavy atom. The predicted octanol–water partition coefficient (Wildman–Crippen LogP) is 3.68. The third-order valence-electron chi connectivity index (χ3n) is 3.40. The van der Waals surface area contributed by atoms with E-state index in [0.717, 1.165) is 27.8 Å². The van der Waals surface area contributed by atoms with Gasteiger partial charge in [-0.15, -0.1) is 0 Å². The van der Waals surface area contributed by atoms with Crippen molar-refractivity contribution in [1.82, 2.24) is 4.98 Å². The zero-order valence-corrected chi connectivity index (χ0v) is 12.2. The Bertz CT molecular complexity index is 615. The first kappa shape index (κ1) is 12.6. The van der Waals surface area contributed by atoms with Gasteiger partial charge in [0.2, 0.25) is 0 Å². The molecule has 1 unspecified atom stereocenters. The molecule has 19 heavy (non-hydrogen) atoms. The van der Waals surface area contributed by atoms with Crippen LogP contribution in [0.25, 0.3) is 0 Å². The summed E-state index contributed by atoms with van der Waals surface area (Å²) in [6.45, 7) is 2.07. The van der Waals surface area contributed by atoms with Gasteiger partial charge in [0, 0.05) is 40.5 Å². The fourth-order valence-electron chi connectivity index (χ4n) is 2.43. The van der Waals surface area contributed by atoms with Gasteiger partial charge in [-0.1, -0.05) is 17.7 Å². The molecule has 3 rings (SSSR count). The number of rotatable bonds is 1. The van der Waals surface area contributed by atoms with Crippen LogP contribution in [0.2, 0.25) is 0 Å². The van der Waals surface area contributed by atoms with E-state index in [4.69, 9.17) is 10.5 Å². The third-order valence-corrected chi connectivity index (χ3v) is 3.83. The highest BCUT2D eigenvalue weighted by molar-refractivity contribution is 9.10. The second kappa shape index (κ2) is 4.94. The van der Waals surface area contributed by atoms with Crippen molar-refractivity contribution in [2.45, 2.75) is 25.5 Å². The first-order valence-corrected chi connectivity index (χ1v) is 7.06.